The van der Waals surface area contributed by atoms with Crippen molar-refractivity contribution >= 4 is 28.1 Å². The molecule has 164 valence electrons. The lowest BCUT2D eigenvalue weighted by molar-refractivity contribution is -0.138. The van der Waals surface area contributed by atoms with Gasteiger partial charge in [0.2, 0.25) is 5.91 Å². The fraction of sp³-hybridized carbons (Fsp3) is 0.455. The van der Waals surface area contributed by atoms with Crippen molar-refractivity contribution in [1.82, 2.24) is 20.0 Å². The van der Waals surface area contributed by atoms with Gasteiger partial charge in [-0.2, -0.15) is 0 Å². The Morgan fingerprint density at radius 3 is 2.68 bits per heavy atom. The Kier molecular flexibility index (Phi) is 6.06. The molecule has 4 rings (SSSR count). The molecule has 0 spiro atoms. The number of nitrogens with zero attached hydrogens (tertiary/aromatic N) is 4. The molecule has 8 nitrogen and oxygen atoms in total. The Morgan fingerprint density at radius 1 is 1.19 bits per heavy atom. The molecule has 0 bridgehead atoms. The number of hydrogen-bond acceptors (Lipinski definition) is 8. The summed E-state index contributed by atoms with van der Waals surface area (Å²) in [6.07, 6.45) is 0.00704. The maximum Gasteiger partial charge on any atom is 0.227 e. The normalized spacial score (nSPS) is 16.5. The highest BCUT2D eigenvalue weighted by Crippen LogP contribution is 2.28. The minimum Gasteiger partial charge on any atom is -0.368 e. The molecule has 1 atom stereocenters. The number of pyridine rings is 1. The van der Waals surface area contributed by atoms with Crippen molar-refractivity contribution in [2.75, 3.05) is 25.0 Å². The molecule has 0 radical (unpaired) electrons. The molecule has 0 aliphatic carbocycles. The average molecular weight is 442 g/mol. The number of carbonyl (C=O) groups is 1. The zero-order chi connectivity index (χ0) is 22.1. The summed E-state index contributed by atoms with van der Waals surface area (Å²) in [6, 6.07) is 3.96. The molecule has 3 aromatic heterocycles. The number of nitrogens with one attached hydrogen (secondary N) is 1. The van der Waals surface area contributed by atoms with E-state index in [1.165, 1.54) is 4.88 Å². The number of ether oxygens (including phenoxy) is 1. The summed E-state index contributed by atoms with van der Waals surface area (Å²) in [6.45, 7) is 11.2. The monoisotopic (exact) mass is 441 g/mol. The number of carbonyl (C=O) groups excluding carboxylic acids is 1. The lowest BCUT2D eigenvalue weighted by atomic mass is 10.1. The van der Waals surface area contributed by atoms with Gasteiger partial charge < -0.3 is 19.5 Å². The Bertz CT molecular complexity index is 1070. The molecule has 1 aliphatic heterocycles. The van der Waals surface area contributed by atoms with E-state index in [1.54, 1.807) is 11.3 Å². The molecule has 9 heteroatoms. The van der Waals surface area contributed by atoms with Crippen molar-refractivity contribution in [2.24, 2.45) is 0 Å². The summed E-state index contributed by atoms with van der Waals surface area (Å²) in [5.41, 5.74) is 5.26. The molecule has 4 heterocycles. The van der Waals surface area contributed by atoms with Gasteiger partial charge in [-0.05, 0) is 46.8 Å². The highest BCUT2D eigenvalue weighted by molar-refractivity contribution is 7.15. The molecule has 1 fully saturated rings. The number of aromatic nitrogens is 3. The quantitative estimate of drug-likeness (QED) is 0.641. The number of hydrogen-bond donors (Lipinski definition) is 1. The Morgan fingerprint density at radius 2 is 2.00 bits per heavy atom. The second-order valence-electron chi connectivity index (χ2n) is 7.89. The van der Waals surface area contributed by atoms with Gasteiger partial charge in [0.05, 0.1) is 36.7 Å². The van der Waals surface area contributed by atoms with E-state index in [0.29, 0.717) is 25.5 Å². The molecule has 0 unspecified atom stereocenters. The summed E-state index contributed by atoms with van der Waals surface area (Å²) < 4.78 is 11.2. The largest absolute Gasteiger partial charge is 0.368 e. The van der Waals surface area contributed by atoms with Gasteiger partial charge in [-0.1, -0.05) is 5.16 Å². The summed E-state index contributed by atoms with van der Waals surface area (Å²) in [7, 11) is 0. The van der Waals surface area contributed by atoms with E-state index in [4.69, 9.17) is 9.26 Å². The standard InChI is InChI=1S/C22H27N5O3S/c1-12-8-17(25-22-24-13(2)16(5)31-22)9-19(23-12)20-11-27(6-7-29-20)21(28)10-18-14(3)26-30-15(18)4/h8-9,20H,6-7,10-11H2,1-5H3,(H,23,24,25)/t20-/m1/s1. The molecule has 1 saturated heterocycles. The van der Waals surface area contributed by atoms with Gasteiger partial charge in [-0.3, -0.25) is 9.78 Å². The van der Waals surface area contributed by atoms with E-state index in [2.05, 4.69) is 27.4 Å². The number of rotatable bonds is 5. The maximum atomic E-state index is 12.9. The molecule has 1 N–H and O–H groups in total. The first-order chi connectivity index (χ1) is 14.8. The number of morpholine rings is 1. The number of aryl methyl sites for hydroxylation is 5. The van der Waals surface area contributed by atoms with Crippen molar-refractivity contribution in [3.05, 3.63) is 51.1 Å². The fourth-order valence-corrected chi connectivity index (χ4v) is 4.49. The molecule has 0 saturated carbocycles. The number of amides is 1. The van der Waals surface area contributed by atoms with Gasteiger partial charge in [-0.15, -0.1) is 11.3 Å². The first-order valence-electron chi connectivity index (χ1n) is 10.3. The summed E-state index contributed by atoms with van der Waals surface area (Å²) in [5.74, 6) is 0.738. The maximum absolute atomic E-state index is 12.9. The topological polar surface area (TPSA) is 93.4 Å². The average Bonchev–Trinajstić information content (AvgIpc) is 3.22. The van der Waals surface area contributed by atoms with E-state index < -0.39 is 0 Å². The summed E-state index contributed by atoms with van der Waals surface area (Å²) >= 11 is 1.63. The van der Waals surface area contributed by atoms with Gasteiger partial charge >= 0.3 is 0 Å². The van der Waals surface area contributed by atoms with Crippen LogP contribution in [0.5, 0.6) is 0 Å². The highest BCUT2D eigenvalue weighted by atomic mass is 32.1. The van der Waals surface area contributed by atoms with Crippen molar-refractivity contribution in [2.45, 2.75) is 47.1 Å². The van der Waals surface area contributed by atoms with Crippen LogP contribution in [0, 0.1) is 34.6 Å². The van der Waals surface area contributed by atoms with Crippen LogP contribution in [0.2, 0.25) is 0 Å². The van der Waals surface area contributed by atoms with Crippen LogP contribution in [0.25, 0.3) is 0 Å². The third-order valence-electron chi connectivity index (χ3n) is 5.51. The predicted octanol–water partition coefficient (Wildman–Crippen LogP) is 3.95. The van der Waals surface area contributed by atoms with E-state index in [1.807, 2.05) is 44.7 Å². The second-order valence-corrected chi connectivity index (χ2v) is 9.09. The van der Waals surface area contributed by atoms with Gasteiger partial charge in [0, 0.05) is 28.4 Å². The Labute approximate surface area is 185 Å². The predicted molar refractivity (Wildman–Crippen MR) is 119 cm³/mol. The third kappa shape index (κ3) is 4.77. The van der Waals surface area contributed by atoms with E-state index in [-0.39, 0.29) is 18.4 Å². The lowest BCUT2D eigenvalue weighted by Crippen LogP contribution is -2.43. The van der Waals surface area contributed by atoms with E-state index >= 15 is 0 Å². The molecular weight excluding hydrogens is 414 g/mol. The molecular formula is C22H27N5O3S. The SMILES string of the molecule is Cc1cc(Nc2nc(C)c(C)s2)cc([C@H]2CN(C(=O)Cc3c(C)noc3C)CCO2)n1. The van der Waals surface area contributed by atoms with Crippen LogP contribution in [0.4, 0.5) is 10.8 Å². The van der Waals surface area contributed by atoms with Crippen molar-refractivity contribution in [3.63, 3.8) is 0 Å². The second kappa shape index (κ2) is 8.76. The zero-order valence-corrected chi connectivity index (χ0v) is 19.3. The molecule has 0 aromatic carbocycles. The minimum atomic E-state index is -0.275. The van der Waals surface area contributed by atoms with E-state index in [9.17, 15) is 4.79 Å². The smallest absolute Gasteiger partial charge is 0.227 e. The van der Waals surface area contributed by atoms with E-state index in [0.717, 1.165) is 39.2 Å². The van der Waals surface area contributed by atoms with Crippen LogP contribution in [0.1, 0.15) is 45.1 Å². The minimum absolute atomic E-state index is 0.0439. The van der Waals surface area contributed by atoms with Crippen molar-refractivity contribution in [1.29, 1.82) is 0 Å². The molecule has 1 amide bonds. The van der Waals surface area contributed by atoms with Crippen molar-refractivity contribution < 1.29 is 14.1 Å². The number of thiazole rings is 1. The lowest BCUT2D eigenvalue weighted by Gasteiger charge is -2.33. The molecule has 3 aromatic rings. The van der Waals surface area contributed by atoms with Gasteiger partial charge in [0.15, 0.2) is 5.13 Å². The van der Waals surface area contributed by atoms with Gasteiger partial charge in [-0.25, -0.2) is 4.98 Å². The third-order valence-corrected chi connectivity index (χ3v) is 6.50. The first-order valence-corrected chi connectivity index (χ1v) is 11.1. The van der Waals surface area contributed by atoms with Gasteiger partial charge in [0.25, 0.3) is 0 Å². The summed E-state index contributed by atoms with van der Waals surface area (Å²) in [5, 5.41) is 8.18. The van der Waals surface area contributed by atoms with Crippen molar-refractivity contribution in [3.8, 4) is 0 Å². The molecule has 1 aliphatic rings. The number of anilines is 2. The van der Waals surface area contributed by atoms with Crippen LogP contribution in [-0.2, 0) is 16.0 Å². The Hall–Kier alpha value is -2.78. The first kappa shape index (κ1) is 21.5. The fourth-order valence-electron chi connectivity index (χ4n) is 3.65. The molecule has 31 heavy (non-hydrogen) atoms. The van der Waals surface area contributed by atoms with Crippen LogP contribution in [0.3, 0.4) is 0 Å². The highest BCUT2D eigenvalue weighted by Gasteiger charge is 2.28. The Balaban J connectivity index is 1.48. The van der Waals surface area contributed by atoms with Crippen LogP contribution in [-0.4, -0.2) is 45.6 Å². The zero-order valence-electron chi connectivity index (χ0n) is 18.5. The van der Waals surface area contributed by atoms with Crippen LogP contribution < -0.4 is 5.32 Å². The van der Waals surface area contributed by atoms with Gasteiger partial charge in [0.1, 0.15) is 11.9 Å². The van der Waals surface area contributed by atoms with Crippen LogP contribution >= 0.6 is 11.3 Å². The van der Waals surface area contributed by atoms with Crippen LogP contribution in [0.15, 0.2) is 16.7 Å². The summed E-state index contributed by atoms with van der Waals surface area (Å²) in [4.78, 5) is 25.2.